The molecule has 1 atom stereocenters. The summed E-state index contributed by atoms with van der Waals surface area (Å²) in [5.41, 5.74) is 0. The number of hydrogen-bond donors (Lipinski definition) is 1. The molecule has 1 N–H and O–H groups in total. The minimum absolute atomic E-state index is 0.0526. The third-order valence-corrected chi connectivity index (χ3v) is 1.94. The maximum atomic E-state index is 11.1. The third kappa shape index (κ3) is 7.30. The van der Waals surface area contributed by atoms with Gasteiger partial charge < -0.3 is 19.5 Å². The molecule has 0 aliphatic rings. The number of ether oxygens (including phenoxy) is 3. The highest BCUT2D eigenvalue weighted by Gasteiger charge is 2.11. The molecule has 0 rings (SSSR count). The van der Waals surface area contributed by atoms with Gasteiger partial charge in [0.25, 0.3) is 0 Å². The molecule has 0 spiro atoms. The maximum Gasteiger partial charge on any atom is 0.307 e. The predicted octanol–water partition coefficient (Wildman–Crippen LogP) is 0.537. The fourth-order valence-electron chi connectivity index (χ4n) is 1.10. The second-order valence-electron chi connectivity index (χ2n) is 3.22. The van der Waals surface area contributed by atoms with E-state index in [1.165, 1.54) is 0 Å². The van der Waals surface area contributed by atoms with Crippen molar-refractivity contribution in [2.45, 2.75) is 32.6 Å². The van der Waals surface area contributed by atoms with Crippen LogP contribution < -0.4 is 5.32 Å². The first-order valence-corrected chi connectivity index (χ1v) is 5.08. The van der Waals surface area contributed by atoms with Gasteiger partial charge in [0.05, 0.1) is 13.0 Å². The van der Waals surface area contributed by atoms with E-state index in [9.17, 15) is 4.79 Å². The summed E-state index contributed by atoms with van der Waals surface area (Å²) in [5, 5.41) is 3.12. The summed E-state index contributed by atoms with van der Waals surface area (Å²) in [6, 6.07) is 0.0526. The number of esters is 1. The first-order chi connectivity index (χ1) is 7.13. The van der Waals surface area contributed by atoms with Gasteiger partial charge in [0.15, 0.2) is 6.29 Å². The van der Waals surface area contributed by atoms with E-state index in [2.05, 4.69) is 5.32 Å². The van der Waals surface area contributed by atoms with E-state index in [4.69, 9.17) is 14.2 Å². The van der Waals surface area contributed by atoms with Gasteiger partial charge in [0.1, 0.15) is 0 Å². The van der Waals surface area contributed by atoms with Crippen molar-refractivity contribution < 1.29 is 19.0 Å². The lowest BCUT2D eigenvalue weighted by Crippen LogP contribution is -2.37. The highest BCUT2D eigenvalue weighted by Crippen LogP contribution is 1.96. The van der Waals surface area contributed by atoms with Crippen molar-refractivity contribution in [3.63, 3.8) is 0 Å². The van der Waals surface area contributed by atoms with Crippen molar-refractivity contribution >= 4 is 5.97 Å². The second-order valence-corrected chi connectivity index (χ2v) is 3.22. The van der Waals surface area contributed by atoms with Gasteiger partial charge in [-0.05, 0) is 13.8 Å². The topological polar surface area (TPSA) is 56.8 Å². The zero-order chi connectivity index (χ0) is 11.7. The third-order valence-electron chi connectivity index (χ3n) is 1.94. The van der Waals surface area contributed by atoms with Gasteiger partial charge in [0.2, 0.25) is 0 Å². The van der Waals surface area contributed by atoms with Crippen LogP contribution in [0.5, 0.6) is 0 Å². The van der Waals surface area contributed by atoms with Gasteiger partial charge in [-0.15, -0.1) is 0 Å². The summed E-state index contributed by atoms with van der Waals surface area (Å²) >= 11 is 0. The zero-order valence-corrected chi connectivity index (χ0v) is 9.91. The Morgan fingerprint density at radius 3 is 2.40 bits per heavy atom. The molecule has 0 aliphatic carbocycles. The standard InChI is InChI=1S/C10H21NO4/c1-5-15-9(12)6-8(2)11-7-10(13-3)14-4/h8,10-11H,5-7H2,1-4H3/t8-/m1/s1. The predicted molar refractivity (Wildman–Crippen MR) is 56.5 cm³/mol. The summed E-state index contributed by atoms with van der Waals surface area (Å²) in [6.07, 6.45) is 0.0724. The van der Waals surface area contributed by atoms with Crippen LogP contribution in [0.1, 0.15) is 20.3 Å². The molecule has 0 bridgehead atoms. The number of rotatable bonds is 8. The Morgan fingerprint density at radius 1 is 1.33 bits per heavy atom. The Hall–Kier alpha value is -0.650. The molecule has 5 heteroatoms. The van der Waals surface area contributed by atoms with Crippen LogP contribution in [0.4, 0.5) is 0 Å². The van der Waals surface area contributed by atoms with Crippen molar-refractivity contribution in [2.75, 3.05) is 27.4 Å². The molecule has 5 nitrogen and oxygen atoms in total. The van der Waals surface area contributed by atoms with Crippen molar-refractivity contribution in [3.8, 4) is 0 Å². The molecule has 0 radical (unpaired) electrons. The normalized spacial score (nSPS) is 12.9. The zero-order valence-electron chi connectivity index (χ0n) is 9.91. The molecule has 0 aromatic rings. The fraction of sp³-hybridized carbons (Fsp3) is 0.900. The van der Waals surface area contributed by atoms with Crippen molar-refractivity contribution in [1.82, 2.24) is 5.32 Å². The molecular weight excluding hydrogens is 198 g/mol. The number of methoxy groups -OCH3 is 2. The second kappa shape index (κ2) is 8.64. The maximum absolute atomic E-state index is 11.1. The van der Waals surface area contributed by atoms with Crippen LogP contribution in [-0.2, 0) is 19.0 Å². The lowest BCUT2D eigenvalue weighted by molar-refractivity contribution is -0.143. The summed E-state index contributed by atoms with van der Waals surface area (Å²) < 4.78 is 14.8. The lowest BCUT2D eigenvalue weighted by Gasteiger charge is -2.17. The molecule has 0 aromatic heterocycles. The number of nitrogens with one attached hydrogen (secondary N) is 1. The molecule has 0 fully saturated rings. The van der Waals surface area contributed by atoms with Crippen LogP contribution >= 0.6 is 0 Å². The van der Waals surface area contributed by atoms with E-state index in [-0.39, 0.29) is 18.3 Å². The number of carbonyl (C=O) groups excluding carboxylic acids is 1. The van der Waals surface area contributed by atoms with Gasteiger partial charge in [-0.3, -0.25) is 4.79 Å². The van der Waals surface area contributed by atoms with Crippen molar-refractivity contribution in [2.24, 2.45) is 0 Å². The highest BCUT2D eigenvalue weighted by molar-refractivity contribution is 5.69. The summed E-state index contributed by atoms with van der Waals surface area (Å²) in [7, 11) is 3.15. The van der Waals surface area contributed by atoms with Crippen LogP contribution in [0.15, 0.2) is 0 Å². The van der Waals surface area contributed by atoms with Crippen LogP contribution in [0.2, 0.25) is 0 Å². The van der Waals surface area contributed by atoms with Crippen molar-refractivity contribution in [1.29, 1.82) is 0 Å². The summed E-state index contributed by atoms with van der Waals surface area (Å²) in [5.74, 6) is -0.191. The molecule has 0 heterocycles. The molecule has 15 heavy (non-hydrogen) atoms. The Bertz CT molecular complexity index is 171. The van der Waals surface area contributed by atoms with E-state index in [1.54, 1.807) is 21.1 Å². The molecule has 0 saturated carbocycles. The first kappa shape index (κ1) is 14.3. The molecule has 0 unspecified atom stereocenters. The molecule has 0 amide bonds. The Kier molecular flexibility index (Phi) is 8.27. The van der Waals surface area contributed by atoms with E-state index >= 15 is 0 Å². The smallest absolute Gasteiger partial charge is 0.307 e. The average Bonchev–Trinajstić information content (AvgIpc) is 2.19. The van der Waals surface area contributed by atoms with E-state index in [0.29, 0.717) is 19.6 Å². The molecule has 0 aliphatic heterocycles. The first-order valence-electron chi connectivity index (χ1n) is 5.08. The molecule has 0 aromatic carbocycles. The Morgan fingerprint density at radius 2 is 1.93 bits per heavy atom. The van der Waals surface area contributed by atoms with Gasteiger partial charge in [-0.25, -0.2) is 0 Å². The van der Waals surface area contributed by atoms with E-state index in [1.807, 2.05) is 6.92 Å². The molecule has 90 valence electrons. The van der Waals surface area contributed by atoms with Crippen LogP contribution in [0, 0.1) is 0 Å². The number of hydrogen-bond acceptors (Lipinski definition) is 5. The SMILES string of the molecule is CCOC(=O)C[C@@H](C)NCC(OC)OC. The van der Waals surface area contributed by atoms with Gasteiger partial charge in [-0.2, -0.15) is 0 Å². The summed E-state index contributed by atoms with van der Waals surface area (Å²) in [6.45, 7) is 4.68. The van der Waals surface area contributed by atoms with Gasteiger partial charge >= 0.3 is 5.97 Å². The highest BCUT2D eigenvalue weighted by atomic mass is 16.7. The minimum atomic E-state index is -0.283. The summed E-state index contributed by atoms with van der Waals surface area (Å²) in [4.78, 5) is 11.1. The average molecular weight is 219 g/mol. The largest absolute Gasteiger partial charge is 0.466 e. The van der Waals surface area contributed by atoms with Gasteiger partial charge in [0, 0.05) is 26.8 Å². The van der Waals surface area contributed by atoms with E-state index in [0.717, 1.165) is 0 Å². The number of carbonyl (C=O) groups is 1. The van der Waals surface area contributed by atoms with E-state index < -0.39 is 0 Å². The Balaban J connectivity index is 3.64. The fourth-order valence-corrected chi connectivity index (χ4v) is 1.10. The molecule has 0 saturated heterocycles. The minimum Gasteiger partial charge on any atom is -0.466 e. The van der Waals surface area contributed by atoms with Crippen molar-refractivity contribution in [3.05, 3.63) is 0 Å². The van der Waals surface area contributed by atoms with Crippen LogP contribution in [0.25, 0.3) is 0 Å². The Labute approximate surface area is 91.1 Å². The molecular formula is C10H21NO4. The lowest BCUT2D eigenvalue weighted by atomic mass is 10.2. The van der Waals surface area contributed by atoms with Gasteiger partial charge in [-0.1, -0.05) is 0 Å². The quantitative estimate of drug-likeness (QED) is 0.477. The van der Waals surface area contributed by atoms with Crippen LogP contribution in [0.3, 0.4) is 0 Å². The van der Waals surface area contributed by atoms with Crippen LogP contribution in [-0.4, -0.2) is 45.7 Å². The monoisotopic (exact) mass is 219 g/mol.